The summed E-state index contributed by atoms with van der Waals surface area (Å²) in [6.45, 7) is 5.88. The first-order valence-corrected chi connectivity index (χ1v) is 7.08. The van der Waals surface area contributed by atoms with Gasteiger partial charge in [0, 0.05) is 18.2 Å². The highest BCUT2D eigenvalue weighted by Crippen LogP contribution is 2.21. The van der Waals surface area contributed by atoms with Gasteiger partial charge in [0.05, 0.1) is 25.5 Å². The normalized spacial score (nSPS) is 11.1. The Morgan fingerprint density at radius 2 is 2.10 bits per heavy atom. The topological polar surface area (TPSA) is 58.7 Å². The second kappa shape index (κ2) is 7.24. The summed E-state index contributed by atoms with van der Waals surface area (Å²) in [6.07, 6.45) is 0. The molecule has 2 aromatic rings. The third-order valence-electron chi connectivity index (χ3n) is 3.15. The van der Waals surface area contributed by atoms with Crippen LogP contribution >= 0.6 is 0 Å². The molecule has 0 atom stereocenters. The molecule has 0 spiro atoms. The molecule has 114 valence electrons. The fraction of sp³-hybridized carbons (Fsp3) is 0.438. The summed E-state index contributed by atoms with van der Waals surface area (Å²) in [5.41, 5.74) is 2.83. The largest absolute Gasteiger partial charge is 0.494 e. The molecule has 1 aromatic carbocycles. The number of benzene rings is 1. The van der Waals surface area contributed by atoms with Crippen molar-refractivity contribution < 1.29 is 14.4 Å². The first-order valence-electron chi connectivity index (χ1n) is 7.08. The van der Waals surface area contributed by atoms with E-state index in [4.69, 9.17) is 9.26 Å². The van der Waals surface area contributed by atoms with Crippen LogP contribution in [0.25, 0.3) is 0 Å². The van der Waals surface area contributed by atoms with Crippen molar-refractivity contribution in [2.24, 2.45) is 0 Å². The van der Waals surface area contributed by atoms with Gasteiger partial charge < -0.3 is 14.4 Å². The second-order valence-electron chi connectivity index (χ2n) is 5.14. The Hall–Kier alpha value is -1.85. The van der Waals surface area contributed by atoms with E-state index >= 15 is 0 Å². The summed E-state index contributed by atoms with van der Waals surface area (Å²) in [5, 5.41) is 13.3. The molecule has 0 saturated carbocycles. The zero-order chi connectivity index (χ0) is 15.2. The summed E-state index contributed by atoms with van der Waals surface area (Å²) >= 11 is 0. The number of hydrogen-bond acceptors (Lipinski definition) is 5. The first kappa shape index (κ1) is 15.5. The van der Waals surface area contributed by atoms with E-state index in [1.165, 1.54) is 0 Å². The van der Waals surface area contributed by atoms with Crippen molar-refractivity contribution in [2.45, 2.75) is 33.5 Å². The van der Waals surface area contributed by atoms with E-state index in [1.54, 1.807) is 0 Å². The van der Waals surface area contributed by atoms with Gasteiger partial charge in [-0.25, -0.2) is 0 Å². The Morgan fingerprint density at radius 3 is 2.71 bits per heavy atom. The molecule has 0 unspecified atom stereocenters. The molecule has 0 aliphatic rings. The van der Waals surface area contributed by atoms with E-state index in [2.05, 4.69) is 10.1 Å². The van der Waals surface area contributed by atoms with Crippen LogP contribution in [0.2, 0.25) is 0 Å². The Kier molecular flexibility index (Phi) is 5.36. The Morgan fingerprint density at radius 1 is 1.29 bits per heavy atom. The molecule has 5 nitrogen and oxygen atoms in total. The van der Waals surface area contributed by atoms with Gasteiger partial charge in [-0.1, -0.05) is 11.2 Å². The molecule has 0 saturated heterocycles. The summed E-state index contributed by atoms with van der Waals surface area (Å²) in [6, 6.07) is 7.85. The fourth-order valence-corrected chi connectivity index (χ4v) is 2.28. The molecule has 0 amide bonds. The lowest BCUT2D eigenvalue weighted by Gasteiger charge is -2.16. The van der Waals surface area contributed by atoms with Crippen molar-refractivity contribution in [2.75, 3.05) is 13.7 Å². The SMILES string of the molecule is CCOc1ccc(CN(C)Cc2cc(C)no2)cc1CO. The Labute approximate surface area is 125 Å². The monoisotopic (exact) mass is 290 g/mol. The third kappa shape index (κ3) is 4.31. The third-order valence-corrected chi connectivity index (χ3v) is 3.15. The molecule has 0 bridgehead atoms. The molecular weight excluding hydrogens is 268 g/mol. The predicted molar refractivity (Wildman–Crippen MR) is 79.9 cm³/mol. The highest BCUT2D eigenvalue weighted by Gasteiger charge is 2.09. The van der Waals surface area contributed by atoms with E-state index in [0.717, 1.165) is 34.9 Å². The van der Waals surface area contributed by atoms with Crippen LogP contribution in [0.1, 0.15) is 29.5 Å². The first-order chi connectivity index (χ1) is 10.1. The number of aromatic nitrogens is 1. The maximum absolute atomic E-state index is 9.42. The van der Waals surface area contributed by atoms with Crippen LogP contribution in [0.5, 0.6) is 5.75 Å². The van der Waals surface area contributed by atoms with Crippen LogP contribution in [0.3, 0.4) is 0 Å². The molecule has 2 rings (SSSR count). The molecule has 0 fully saturated rings. The van der Waals surface area contributed by atoms with Gasteiger partial charge in [-0.05, 0) is 38.6 Å². The average molecular weight is 290 g/mol. The number of hydrogen-bond donors (Lipinski definition) is 1. The molecule has 0 aliphatic heterocycles. The average Bonchev–Trinajstić information content (AvgIpc) is 2.85. The zero-order valence-electron chi connectivity index (χ0n) is 12.8. The van der Waals surface area contributed by atoms with Gasteiger partial charge in [0.25, 0.3) is 0 Å². The number of aliphatic hydroxyl groups excluding tert-OH is 1. The van der Waals surface area contributed by atoms with Crippen molar-refractivity contribution in [1.29, 1.82) is 0 Å². The minimum Gasteiger partial charge on any atom is -0.494 e. The molecule has 1 heterocycles. The number of nitrogens with zero attached hydrogens (tertiary/aromatic N) is 2. The zero-order valence-corrected chi connectivity index (χ0v) is 12.8. The van der Waals surface area contributed by atoms with Crippen molar-refractivity contribution in [3.63, 3.8) is 0 Å². The smallest absolute Gasteiger partial charge is 0.150 e. The summed E-state index contributed by atoms with van der Waals surface area (Å²) in [5.74, 6) is 1.60. The number of aliphatic hydroxyl groups is 1. The minimum absolute atomic E-state index is 0.0197. The Bertz CT molecular complexity index is 581. The minimum atomic E-state index is -0.0197. The van der Waals surface area contributed by atoms with Gasteiger partial charge in [-0.15, -0.1) is 0 Å². The van der Waals surface area contributed by atoms with E-state index in [1.807, 2.05) is 45.2 Å². The molecular formula is C16H22N2O3. The van der Waals surface area contributed by atoms with Crippen LogP contribution in [0, 0.1) is 6.92 Å². The van der Waals surface area contributed by atoms with Crippen LogP contribution in [0.15, 0.2) is 28.8 Å². The van der Waals surface area contributed by atoms with Gasteiger partial charge in [0.2, 0.25) is 0 Å². The lowest BCUT2D eigenvalue weighted by Crippen LogP contribution is -2.17. The van der Waals surface area contributed by atoms with E-state index < -0.39 is 0 Å². The standard InChI is InChI=1S/C16H22N2O3/c1-4-20-16-6-5-13(8-14(16)11-19)9-18(3)10-15-7-12(2)17-21-15/h5-8,19H,4,9-11H2,1-3H3. The number of aryl methyl sites for hydroxylation is 1. The van der Waals surface area contributed by atoms with Gasteiger partial charge in [-0.2, -0.15) is 0 Å². The van der Waals surface area contributed by atoms with Gasteiger partial charge in [0.15, 0.2) is 5.76 Å². The van der Waals surface area contributed by atoms with Crippen molar-refractivity contribution in [3.8, 4) is 5.75 Å². The van der Waals surface area contributed by atoms with Gasteiger partial charge in [-0.3, -0.25) is 4.90 Å². The molecule has 5 heteroatoms. The highest BCUT2D eigenvalue weighted by molar-refractivity contribution is 5.36. The summed E-state index contributed by atoms with van der Waals surface area (Å²) < 4.78 is 10.7. The lowest BCUT2D eigenvalue weighted by atomic mass is 10.1. The van der Waals surface area contributed by atoms with E-state index in [0.29, 0.717) is 13.2 Å². The Balaban J connectivity index is 2.01. The van der Waals surface area contributed by atoms with Gasteiger partial charge in [0.1, 0.15) is 5.75 Å². The summed E-state index contributed by atoms with van der Waals surface area (Å²) in [4.78, 5) is 2.14. The number of ether oxygens (including phenoxy) is 1. The summed E-state index contributed by atoms with van der Waals surface area (Å²) in [7, 11) is 2.02. The van der Waals surface area contributed by atoms with Gasteiger partial charge >= 0.3 is 0 Å². The lowest BCUT2D eigenvalue weighted by molar-refractivity contribution is 0.260. The van der Waals surface area contributed by atoms with Crippen LogP contribution in [-0.4, -0.2) is 28.8 Å². The second-order valence-corrected chi connectivity index (χ2v) is 5.14. The maximum Gasteiger partial charge on any atom is 0.150 e. The highest BCUT2D eigenvalue weighted by atomic mass is 16.5. The van der Waals surface area contributed by atoms with Crippen molar-refractivity contribution in [3.05, 3.63) is 46.8 Å². The van der Waals surface area contributed by atoms with Crippen molar-refractivity contribution in [1.82, 2.24) is 10.1 Å². The van der Waals surface area contributed by atoms with Crippen molar-refractivity contribution >= 4 is 0 Å². The van der Waals surface area contributed by atoms with E-state index in [-0.39, 0.29) is 6.61 Å². The van der Waals surface area contributed by atoms with Crippen LogP contribution < -0.4 is 4.74 Å². The van der Waals surface area contributed by atoms with E-state index in [9.17, 15) is 5.11 Å². The predicted octanol–water partition coefficient (Wildman–Crippen LogP) is 2.51. The molecule has 0 radical (unpaired) electrons. The fourth-order valence-electron chi connectivity index (χ4n) is 2.28. The maximum atomic E-state index is 9.42. The molecule has 0 aliphatic carbocycles. The molecule has 21 heavy (non-hydrogen) atoms. The van der Waals surface area contributed by atoms with Crippen LogP contribution in [-0.2, 0) is 19.7 Å². The quantitative estimate of drug-likeness (QED) is 0.849. The number of rotatable bonds is 7. The van der Waals surface area contributed by atoms with Crippen LogP contribution in [0.4, 0.5) is 0 Å². The molecule has 1 N–H and O–H groups in total. The molecule has 1 aromatic heterocycles.